The maximum atomic E-state index is 13.2. The Bertz CT molecular complexity index is 1300. The highest BCUT2D eigenvalue weighted by Gasteiger charge is 2.21. The Morgan fingerprint density at radius 3 is 2.46 bits per heavy atom. The second kappa shape index (κ2) is 9.76. The first-order valence-electron chi connectivity index (χ1n) is 11.9. The Kier molecular flexibility index (Phi) is 6.37. The summed E-state index contributed by atoms with van der Waals surface area (Å²) in [6.45, 7) is 7.95. The predicted octanol–water partition coefficient (Wildman–Crippen LogP) is 4.79. The van der Waals surface area contributed by atoms with Crippen LogP contribution in [0.1, 0.15) is 30.4 Å². The molecular formula is C27H30N6O2. The van der Waals surface area contributed by atoms with Gasteiger partial charge in [-0.05, 0) is 62.9 Å². The lowest BCUT2D eigenvalue weighted by Gasteiger charge is -2.35. The summed E-state index contributed by atoms with van der Waals surface area (Å²) in [4.78, 5) is 21.9. The Balaban J connectivity index is 1.45. The van der Waals surface area contributed by atoms with Gasteiger partial charge in [-0.2, -0.15) is 5.10 Å². The minimum atomic E-state index is -0.282. The van der Waals surface area contributed by atoms with Gasteiger partial charge in [0, 0.05) is 61.9 Å². The molecule has 0 unspecified atom stereocenters. The van der Waals surface area contributed by atoms with Crippen molar-refractivity contribution in [2.75, 3.05) is 43.4 Å². The molecule has 1 saturated heterocycles. The van der Waals surface area contributed by atoms with Crippen LogP contribution >= 0.6 is 0 Å². The topological polar surface area (TPSA) is 79.4 Å². The average molecular weight is 471 g/mol. The zero-order valence-electron chi connectivity index (χ0n) is 20.3. The summed E-state index contributed by atoms with van der Waals surface area (Å²) in [5.41, 5.74) is 4.66. The fourth-order valence-corrected chi connectivity index (χ4v) is 4.22. The number of nitrogens with zero attached hydrogens (tertiary/aromatic N) is 5. The molecule has 0 bridgehead atoms. The highest BCUT2D eigenvalue weighted by Crippen LogP contribution is 2.33. The van der Waals surface area contributed by atoms with Crippen LogP contribution in [0.3, 0.4) is 0 Å². The van der Waals surface area contributed by atoms with Crippen LogP contribution in [0.15, 0.2) is 71.7 Å². The van der Waals surface area contributed by atoms with Crippen LogP contribution in [0.5, 0.6) is 0 Å². The summed E-state index contributed by atoms with van der Waals surface area (Å²) in [6, 6.07) is 13.7. The fourth-order valence-electron chi connectivity index (χ4n) is 4.22. The third-order valence-electron chi connectivity index (χ3n) is 6.35. The van der Waals surface area contributed by atoms with Gasteiger partial charge >= 0.3 is 0 Å². The number of furan rings is 1. The minimum absolute atomic E-state index is 0.263. The summed E-state index contributed by atoms with van der Waals surface area (Å²) in [5, 5.41) is 7.59. The predicted molar refractivity (Wildman–Crippen MR) is 138 cm³/mol. The molecule has 1 fully saturated rings. The number of rotatable bonds is 6. The number of aromatic nitrogens is 3. The number of hydrogen-bond donors (Lipinski definition) is 1. The van der Waals surface area contributed by atoms with Gasteiger partial charge in [-0.25, -0.2) is 0 Å². The van der Waals surface area contributed by atoms with E-state index in [-0.39, 0.29) is 17.7 Å². The highest BCUT2D eigenvalue weighted by molar-refractivity contribution is 6.05. The summed E-state index contributed by atoms with van der Waals surface area (Å²) in [7, 11) is 2.13. The summed E-state index contributed by atoms with van der Waals surface area (Å²) in [5.74, 6) is 0.613. The zero-order valence-corrected chi connectivity index (χ0v) is 20.3. The van der Waals surface area contributed by atoms with Crippen LogP contribution in [0.25, 0.3) is 22.5 Å². The third kappa shape index (κ3) is 4.97. The monoisotopic (exact) mass is 470 g/mol. The lowest BCUT2D eigenvalue weighted by Crippen LogP contribution is -2.44. The first-order valence-corrected chi connectivity index (χ1v) is 11.9. The largest absolute Gasteiger partial charge is 0.451 e. The molecule has 5 rings (SSSR count). The van der Waals surface area contributed by atoms with Crippen molar-refractivity contribution in [1.82, 2.24) is 19.7 Å². The second-order valence-corrected chi connectivity index (χ2v) is 9.18. The van der Waals surface area contributed by atoms with Crippen LogP contribution in [0, 0.1) is 0 Å². The number of carbonyl (C=O) groups is 1. The van der Waals surface area contributed by atoms with E-state index in [1.807, 2.05) is 41.3 Å². The van der Waals surface area contributed by atoms with E-state index in [0.717, 1.165) is 54.2 Å². The zero-order chi connectivity index (χ0) is 24.4. The fraction of sp³-hybridized carbons (Fsp3) is 0.296. The summed E-state index contributed by atoms with van der Waals surface area (Å²) in [6.07, 6.45) is 7.30. The number of likely N-dealkylation sites (N-methyl/N-ethyl adjacent to an activating group) is 1. The van der Waals surface area contributed by atoms with Gasteiger partial charge in [0.2, 0.25) is 0 Å². The van der Waals surface area contributed by atoms with Crippen molar-refractivity contribution in [1.29, 1.82) is 0 Å². The first-order chi connectivity index (χ1) is 17.0. The van der Waals surface area contributed by atoms with E-state index in [4.69, 9.17) is 4.42 Å². The molecular weight excluding hydrogens is 440 g/mol. The standard InChI is InChI=1S/C27H30N6O2/c1-19(2)33-18-22(17-29-33)21-4-5-24(32-14-12-31(3)13-15-32)23(16-21)30-27(34)26-7-6-25(35-26)20-8-10-28-11-9-20/h4-11,16-19H,12-15H2,1-3H3,(H,30,34). The number of nitrogens with one attached hydrogen (secondary N) is 1. The van der Waals surface area contributed by atoms with E-state index in [1.54, 1.807) is 18.5 Å². The van der Waals surface area contributed by atoms with Gasteiger partial charge < -0.3 is 19.5 Å². The second-order valence-electron chi connectivity index (χ2n) is 9.18. The van der Waals surface area contributed by atoms with Crippen molar-refractivity contribution in [3.63, 3.8) is 0 Å². The molecule has 1 aromatic carbocycles. The Hall–Kier alpha value is -3.91. The van der Waals surface area contributed by atoms with Gasteiger partial charge in [0.1, 0.15) is 5.76 Å². The van der Waals surface area contributed by atoms with Crippen molar-refractivity contribution in [2.45, 2.75) is 19.9 Å². The Morgan fingerprint density at radius 2 is 1.74 bits per heavy atom. The van der Waals surface area contributed by atoms with Crippen molar-refractivity contribution >= 4 is 17.3 Å². The molecule has 1 aliphatic heterocycles. The van der Waals surface area contributed by atoms with E-state index in [1.165, 1.54) is 0 Å². The molecule has 1 amide bonds. The molecule has 180 valence electrons. The van der Waals surface area contributed by atoms with Crippen molar-refractivity contribution in [3.05, 3.63) is 73.0 Å². The Morgan fingerprint density at radius 1 is 0.971 bits per heavy atom. The van der Waals surface area contributed by atoms with Crippen LogP contribution in [-0.2, 0) is 0 Å². The molecule has 4 heterocycles. The van der Waals surface area contributed by atoms with Crippen molar-refractivity contribution in [2.24, 2.45) is 0 Å². The Labute approximate surface area is 205 Å². The summed E-state index contributed by atoms with van der Waals surface area (Å²) < 4.78 is 7.81. The molecule has 8 nitrogen and oxygen atoms in total. The van der Waals surface area contributed by atoms with Crippen molar-refractivity contribution < 1.29 is 9.21 Å². The van der Waals surface area contributed by atoms with Gasteiger partial charge in [0.05, 0.1) is 17.6 Å². The number of amides is 1. The smallest absolute Gasteiger partial charge is 0.291 e. The maximum absolute atomic E-state index is 13.2. The van der Waals surface area contributed by atoms with Gasteiger partial charge in [-0.3, -0.25) is 14.5 Å². The number of piperazine rings is 1. The molecule has 8 heteroatoms. The molecule has 0 aliphatic carbocycles. The molecule has 0 saturated carbocycles. The van der Waals surface area contributed by atoms with Crippen molar-refractivity contribution in [3.8, 4) is 22.5 Å². The number of carbonyl (C=O) groups excluding carboxylic acids is 1. The molecule has 1 aliphatic rings. The molecule has 35 heavy (non-hydrogen) atoms. The molecule has 0 radical (unpaired) electrons. The molecule has 1 N–H and O–H groups in total. The van der Waals surface area contributed by atoms with E-state index < -0.39 is 0 Å². The normalized spacial score (nSPS) is 14.5. The van der Waals surface area contributed by atoms with Gasteiger partial charge in [0.25, 0.3) is 5.91 Å². The highest BCUT2D eigenvalue weighted by atomic mass is 16.3. The average Bonchev–Trinajstić information content (AvgIpc) is 3.56. The first kappa shape index (κ1) is 22.9. The number of benzene rings is 1. The van der Waals surface area contributed by atoms with Gasteiger partial charge in [-0.15, -0.1) is 0 Å². The van der Waals surface area contributed by atoms with E-state index in [9.17, 15) is 4.79 Å². The third-order valence-corrected chi connectivity index (χ3v) is 6.35. The van der Waals surface area contributed by atoms with Gasteiger partial charge in [0.15, 0.2) is 5.76 Å². The molecule has 3 aromatic heterocycles. The minimum Gasteiger partial charge on any atom is -0.451 e. The quantitative estimate of drug-likeness (QED) is 0.437. The maximum Gasteiger partial charge on any atom is 0.291 e. The number of anilines is 2. The van der Waals surface area contributed by atoms with E-state index >= 15 is 0 Å². The van der Waals surface area contributed by atoms with E-state index in [0.29, 0.717) is 5.76 Å². The molecule has 4 aromatic rings. The van der Waals surface area contributed by atoms with E-state index in [2.05, 4.69) is 58.2 Å². The molecule has 0 spiro atoms. The summed E-state index contributed by atoms with van der Waals surface area (Å²) >= 11 is 0. The van der Waals surface area contributed by atoms with Crippen LogP contribution < -0.4 is 10.2 Å². The lowest BCUT2D eigenvalue weighted by molar-refractivity contribution is 0.0997. The SMILES string of the molecule is CC(C)n1cc(-c2ccc(N3CCN(C)CC3)c(NC(=O)c3ccc(-c4ccncc4)o3)c2)cn1. The number of hydrogen-bond acceptors (Lipinski definition) is 6. The number of pyridine rings is 1. The molecule has 0 atom stereocenters. The van der Waals surface area contributed by atoms with Crippen LogP contribution in [-0.4, -0.2) is 58.8 Å². The van der Waals surface area contributed by atoms with Gasteiger partial charge in [-0.1, -0.05) is 6.07 Å². The lowest BCUT2D eigenvalue weighted by atomic mass is 10.1. The van der Waals surface area contributed by atoms with Crippen LogP contribution in [0.4, 0.5) is 11.4 Å². The van der Waals surface area contributed by atoms with Crippen LogP contribution in [0.2, 0.25) is 0 Å².